The van der Waals surface area contributed by atoms with E-state index in [-0.39, 0.29) is 23.8 Å². The Morgan fingerprint density at radius 3 is 2.37 bits per heavy atom. The second kappa shape index (κ2) is 9.98. The van der Waals surface area contributed by atoms with Gasteiger partial charge in [0.05, 0.1) is 25.9 Å². The van der Waals surface area contributed by atoms with Crippen molar-refractivity contribution in [2.45, 2.75) is 58.5 Å². The predicted octanol–water partition coefficient (Wildman–Crippen LogP) is 5.33. The fourth-order valence-corrected chi connectivity index (χ4v) is 5.15. The van der Waals surface area contributed by atoms with E-state index in [0.717, 1.165) is 28.1 Å². The minimum Gasteiger partial charge on any atom is -0.493 e. The van der Waals surface area contributed by atoms with Gasteiger partial charge in [-0.15, -0.1) is 0 Å². The van der Waals surface area contributed by atoms with Crippen LogP contribution in [0.25, 0.3) is 0 Å². The quantitative estimate of drug-likeness (QED) is 0.570. The Labute approximate surface area is 207 Å². The predicted molar refractivity (Wildman–Crippen MR) is 135 cm³/mol. The lowest BCUT2D eigenvalue weighted by Crippen LogP contribution is -2.36. The van der Waals surface area contributed by atoms with Gasteiger partial charge in [-0.05, 0) is 68.9 Å². The van der Waals surface area contributed by atoms with Gasteiger partial charge < -0.3 is 19.5 Å². The summed E-state index contributed by atoms with van der Waals surface area (Å²) in [6.45, 7) is 7.56. The molecule has 0 aromatic heterocycles. The number of carbonyl (C=O) groups is 2. The third-order valence-electron chi connectivity index (χ3n) is 6.77. The number of methoxy groups -OCH3 is 2. The number of nitrogens with one attached hydrogen (secondary N) is 1. The normalized spacial score (nSPS) is 19.9. The number of carbonyl (C=O) groups excluding carboxylic acids is 2. The van der Waals surface area contributed by atoms with Crippen LogP contribution in [0.5, 0.6) is 11.5 Å². The Kier molecular flexibility index (Phi) is 7.01. The number of hydrogen-bond acceptors (Lipinski definition) is 6. The molecule has 0 saturated heterocycles. The zero-order valence-corrected chi connectivity index (χ0v) is 21.2. The van der Waals surface area contributed by atoms with Crippen molar-refractivity contribution in [1.82, 2.24) is 5.32 Å². The number of aryl methyl sites for hydroxylation is 1. The van der Waals surface area contributed by atoms with Crippen molar-refractivity contribution in [2.75, 3.05) is 14.2 Å². The van der Waals surface area contributed by atoms with Gasteiger partial charge in [0.2, 0.25) is 0 Å². The highest BCUT2D eigenvalue weighted by Gasteiger charge is 2.42. The molecule has 4 rings (SSSR count). The molecule has 2 aromatic carbocycles. The van der Waals surface area contributed by atoms with Gasteiger partial charge in [-0.1, -0.05) is 30.3 Å². The number of esters is 1. The topological polar surface area (TPSA) is 73.9 Å². The molecule has 0 radical (unpaired) electrons. The molecular weight excluding hydrogens is 442 g/mol. The smallest absolute Gasteiger partial charge is 0.337 e. The number of hydrogen-bond donors (Lipinski definition) is 1. The lowest BCUT2D eigenvalue weighted by molar-refractivity contribution is -0.143. The number of allylic oxidation sites excluding steroid dienone is 3. The summed E-state index contributed by atoms with van der Waals surface area (Å²) in [4.78, 5) is 27.0. The SMILES string of the molecule is COc1ccc(C2CC(=O)C3=C(C2)NC(C)=C(C(=O)OC(C)C)C3c2ccccc2C)cc1OC. The molecule has 1 heterocycles. The average molecular weight is 476 g/mol. The summed E-state index contributed by atoms with van der Waals surface area (Å²) >= 11 is 0. The summed E-state index contributed by atoms with van der Waals surface area (Å²) in [5, 5.41) is 3.40. The molecule has 0 saturated carbocycles. The first kappa shape index (κ1) is 24.6. The standard InChI is InChI=1S/C29H33NO5/c1-16(2)35-29(32)26-18(4)30-22-13-20(19-11-12-24(33-5)25(15-19)34-6)14-23(31)28(22)27(26)21-10-8-7-9-17(21)3/h7-12,15-16,20,27,30H,13-14H2,1-6H3. The molecule has 2 aliphatic rings. The number of dihydropyridines is 1. The van der Waals surface area contributed by atoms with Crippen LogP contribution < -0.4 is 14.8 Å². The Morgan fingerprint density at radius 1 is 1.00 bits per heavy atom. The van der Waals surface area contributed by atoms with E-state index in [1.54, 1.807) is 14.2 Å². The lowest BCUT2D eigenvalue weighted by atomic mass is 9.71. The van der Waals surface area contributed by atoms with Crippen molar-refractivity contribution in [3.05, 3.63) is 81.7 Å². The van der Waals surface area contributed by atoms with Crippen molar-refractivity contribution in [3.8, 4) is 11.5 Å². The van der Waals surface area contributed by atoms with Gasteiger partial charge in [0.1, 0.15) is 0 Å². The van der Waals surface area contributed by atoms with E-state index in [1.807, 2.05) is 70.2 Å². The second-order valence-corrected chi connectivity index (χ2v) is 9.44. The zero-order chi connectivity index (χ0) is 25.3. The molecular formula is C29H33NO5. The first-order chi connectivity index (χ1) is 16.7. The first-order valence-corrected chi connectivity index (χ1v) is 12.0. The maximum atomic E-state index is 13.8. The summed E-state index contributed by atoms with van der Waals surface area (Å²) < 4.78 is 16.5. The van der Waals surface area contributed by atoms with E-state index in [0.29, 0.717) is 35.5 Å². The summed E-state index contributed by atoms with van der Waals surface area (Å²) in [6, 6.07) is 13.7. The van der Waals surface area contributed by atoms with E-state index in [9.17, 15) is 9.59 Å². The van der Waals surface area contributed by atoms with Crippen molar-refractivity contribution >= 4 is 11.8 Å². The molecule has 184 valence electrons. The van der Waals surface area contributed by atoms with Gasteiger partial charge >= 0.3 is 5.97 Å². The van der Waals surface area contributed by atoms with Crippen LogP contribution in [0.4, 0.5) is 0 Å². The molecule has 6 nitrogen and oxygen atoms in total. The van der Waals surface area contributed by atoms with Gasteiger partial charge in [-0.25, -0.2) is 4.79 Å². The third kappa shape index (κ3) is 4.70. The van der Waals surface area contributed by atoms with Gasteiger partial charge in [0.15, 0.2) is 17.3 Å². The Bertz CT molecular complexity index is 1220. The van der Waals surface area contributed by atoms with E-state index in [1.165, 1.54) is 0 Å². The summed E-state index contributed by atoms with van der Waals surface area (Å²) in [7, 11) is 3.21. The Balaban J connectivity index is 1.79. The van der Waals surface area contributed by atoms with Crippen LogP contribution >= 0.6 is 0 Å². The van der Waals surface area contributed by atoms with Crippen molar-refractivity contribution in [3.63, 3.8) is 0 Å². The van der Waals surface area contributed by atoms with E-state index in [2.05, 4.69) is 5.32 Å². The highest BCUT2D eigenvalue weighted by atomic mass is 16.5. The van der Waals surface area contributed by atoms with Gasteiger partial charge in [0, 0.05) is 29.3 Å². The molecule has 0 fully saturated rings. The van der Waals surface area contributed by atoms with Crippen molar-refractivity contribution in [2.24, 2.45) is 0 Å². The fraction of sp³-hybridized carbons (Fsp3) is 0.379. The highest BCUT2D eigenvalue weighted by Crippen LogP contribution is 2.47. The van der Waals surface area contributed by atoms with Crippen LogP contribution in [0.15, 0.2) is 65.0 Å². The second-order valence-electron chi connectivity index (χ2n) is 9.44. The molecule has 2 unspecified atom stereocenters. The molecule has 2 atom stereocenters. The maximum Gasteiger partial charge on any atom is 0.337 e. The van der Waals surface area contributed by atoms with Crippen LogP contribution in [-0.4, -0.2) is 32.1 Å². The molecule has 1 N–H and O–H groups in total. The first-order valence-electron chi connectivity index (χ1n) is 12.0. The van der Waals surface area contributed by atoms with Crippen LogP contribution in [0.3, 0.4) is 0 Å². The van der Waals surface area contributed by atoms with Crippen molar-refractivity contribution in [1.29, 1.82) is 0 Å². The van der Waals surface area contributed by atoms with Gasteiger partial charge in [-0.3, -0.25) is 4.79 Å². The van der Waals surface area contributed by atoms with Crippen LogP contribution in [-0.2, 0) is 14.3 Å². The Hall–Kier alpha value is -3.54. The van der Waals surface area contributed by atoms with E-state index < -0.39 is 5.92 Å². The molecule has 2 aromatic rings. The summed E-state index contributed by atoms with van der Waals surface area (Å²) in [5.41, 5.74) is 5.76. The zero-order valence-electron chi connectivity index (χ0n) is 21.2. The number of Topliss-reactive ketones (excluding diaryl/α,β-unsaturated/α-hetero) is 1. The van der Waals surface area contributed by atoms with Gasteiger partial charge in [0.25, 0.3) is 0 Å². The number of ether oxygens (including phenoxy) is 3. The molecule has 0 spiro atoms. The highest BCUT2D eigenvalue weighted by molar-refractivity contribution is 6.04. The van der Waals surface area contributed by atoms with E-state index in [4.69, 9.17) is 14.2 Å². The van der Waals surface area contributed by atoms with Crippen LogP contribution in [0.2, 0.25) is 0 Å². The van der Waals surface area contributed by atoms with Crippen LogP contribution in [0.1, 0.15) is 62.1 Å². The number of benzene rings is 2. The molecule has 0 bridgehead atoms. The third-order valence-corrected chi connectivity index (χ3v) is 6.77. The van der Waals surface area contributed by atoms with Gasteiger partial charge in [-0.2, -0.15) is 0 Å². The molecule has 0 amide bonds. The molecule has 35 heavy (non-hydrogen) atoms. The van der Waals surface area contributed by atoms with Crippen molar-refractivity contribution < 1.29 is 23.8 Å². The minimum atomic E-state index is -0.461. The molecule has 6 heteroatoms. The molecule has 1 aliphatic heterocycles. The van der Waals surface area contributed by atoms with Crippen LogP contribution in [0, 0.1) is 6.92 Å². The number of ketones is 1. The largest absolute Gasteiger partial charge is 0.493 e. The average Bonchev–Trinajstić information content (AvgIpc) is 2.82. The summed E-state index contributed by atoms with van der Waals surface area (Å²) in [6.07, 6.45) is 0.749. The fourth-order valence-electron chi connectivity index (χ4n) is 5.15. The lowest BCUT2D eigenvalue weighted by Gasteiger charge is -2.37. The number of rotatable bonds is 6. The summed E-state index contributed by atoms with van der Waals surface area (Å²) in [5.74, 6) is 0.469. The Morgan fingerprint density at radius 2 is 1.71 bits per heavy atom. The monoisotopic (exact) mass is 475 g/mol. The van der Waals surface area contributed by atoms with E-state index >= 15 is 0 Å². The minimum absolute atomic E-state index is 0.0111. The molecule has 1 aliphatic carbocycles. The maximum absolute atomic E-state index is 13.8.